The standard InChI is InChI=1S/C21H29N3O.ClH/c1-2-6-16-13-24(11-9-15(16)5-1)14-18-17-7-3-10-22-21(17)23-20(18)19-8-4-12-25-19;/h3,7,10,15-16,19H,1-2,4-6,8-9,11-14H2,(H,22,23);1H/t15?,16?,19-;/m1./s1. The molecule has 3 aliphatic rings. The van der Waals surface area contributed by atoms with Gasteiger partial charge in [0.05, 0.1) is 11.8 Å². The SMILES string of the molecule is Cl.c1cnc2[nH]c([C@H]3CCCO3)c(CN3CCC4CCCCC4C3)c2c1. The van der Waals surface area contributed by atoms with Crippen LogP contribution >= 0.6 is 12.4 Å². The van der Waals surface area contributed by atoms with Crippen molar-refractivity contribution in [3.05, 3.63) is 29.6 Å². The van der Waals surface area contributed by atoms with Gasteiger partial charge in [0.15, 0.2) is 0 Å². The van der Waals surface area contributed by atoms with Crippen molar-refractivity contribution in [2.24, 2.45) is 11.8 Å². The highest BCUT2D eigenvalue weighted by Gasteiger charge is 2.32. The van der Waals surface area contributed by atoms with Crippen molar-refractivity contribution in [2.75, 3.05) is 19.7 Å². The van der Waals surface area contributed by atoms with E-state index in [1.165, 1.54) is 68.3 Å². The quantitative estimate of drug-likeness (QED) is 0.833. The lowest BCUT2D eigenvalue weighted by molar-refractivity contribution is 0.0796. The number of aromatic nitrogens is 2. The minimum Gasteiger partial charge on any atom is -0.372 e. The summed E-state index contributed by atoms with van der Waals surface area (Å²) in [7, 11) is 0. The van der Waals surface area contributed by atoms with Crippen LogP contribution in [0.3, 0.4) is 0 Å². The van der Waals surface area contributed by atoms with Gasteiger partial charge in [-0.15, -0.1) is 12.4 Å². The fourth-order valence-electron chi connectivity index (χ4n) is 5.39. The lowest BCUT2D eigenvalue weighted by Crippen LogP contribution is -2.41. The molecular weight excluding hydrogens is 346 g/mol. The number of rotatable bonds is 3. The maximum absolute atomic E-state index is 6.01. The van der Waals surface area contributed by atoms with Gasteiger partial charge in [0.25, 0.3) is 0 Å². The van der Waals surface area contributed by atoms with E-state index in [2.05, 4.69) is 27.0 Å². The molecule has 1 N–H and O–H groups in total. The lowest BCUT2D eigenvalue weighted by Gasteiger charge is -2.41. The molecule has 26 heavy (non-hydrogen) atoms. The summed E-state index contributed by atoms with van der Waals surface area (Å²) < 4.78 is 6.01. The monoisotopic (exact) mass is 375 g/mol. The Hall–Kier alpha value is -1.10. The number of pyridine rings is 1. The molecule has 2 aromatic rings. The third kappa shape index (κ3) is 3.39. The third-order valence-electron chi connectivity index (χ3n) is 6.72. The Bertz CT molecular complexity index is 740. The van der Waals surface area contributed by atoms with Gasteiger partial charge >= 0.3 is 0 Å². The first kappa shape index (κ1) is 18.3. The number of hydrogen-bond acceptors (Lipinski definition) is 3. The summed E-state index contributed by atoms with van der Waals surface area (Å²) >= 11 is 0. The normalized spacial score (nSPS) is 29.5. The first-order chi connectivity index (χ1) is 12.4. The average Bonchev–Trinajstić information content (AvgIpc) is 3.30. The molecule has 2 aromatic heterocycles. The Morgan fingerprint density at radius 3 is 2.85 bits per heavy atom. The third-order valence-corrected chi connectivity index (χ3v) is 6.72. The topological polar surface area (TPSA) is 41.1 Å². The van der Waals surface area contributed by atoms with Crippen LogP contribution in [0.5, 0.6) is 0 Å². The lowest BCUT2D eigenvalue weighted by atomic mass is 9.75. The molecule has 5 rings (SSSR count). The molecule has 4 heterocycles. The number of halogens is 1. The molecule has 5 heteroatoms. The van der Waals surface area contributed by atoms with Crippen LogP contribution in [0, 0.1) is 11.8 Å². The second kappa shape index (κ2) is 7.87. The molecule has 0 spiro atoms. The van der Waals surface area contributed by atoms with Crippen molar-refractivity contribution in [1.29, 1.82) is 0 Å². The van der Waals surface area contributed by atoms with E-state index in [1.807, 2.05) is 6.20 Å². The van der Waals surface area contributed by atoms with Crippen molar-refractivity contribution in [2.45, 2.75) is 57.6 Å². The molecule has 3 atom stereocenters. The summed E-state index contributed by atoms with van der Waals surface area (Å²) in [6, 6.07) is 4.28. The van der Waals surface area contributed by atoms with E-state index in [0.29, 0.717) is 0 Å². The smallest absolute Gasteiger partial charge is 0.137 e. The number of likely N-dealkylation sites (tertiary alicyclic amines) is 1. The van der Waals surface area contributed by atoms with Gasteiger partial charge in [0.2, 0.25) is 0 Å². The van der Waals surface area contributed by atoms with Gasteiger partial charge in [-0.2, -0.15) is 0 Å². The highest BCUT2D eigenvalue weighted by atomic mass is 35.5. The van der Waals surface area contributed by atoms with Gasteiger partial charge in [-0.3, -0.25) is 4.90 Å². The molecule has 3 fully saturated rings. The molecular formula is C21H30ClN3O. The van der Waals surface area contributed by atoms with E-state index < -0.39 is 0 Å². The van der Waals surface area contributed by atoms with Gasteiger partial charge in [0, 0.05) is 31.3 Å². The molecule has 2 unspecified atom stereocenters. The Labute approximate surface area is 162 Å². The molecule has 2 saturated heterocycles. The first-order valence-electron chi connectivity index (χ1n) is 10.2. The highest BCUT2D eigenvalue weighted by Crippen LogP contribution is 2.38. The fourth-order valence-corrected chi connectivity index (χ4v) is 5.39. The van der Waals surface area contributed by atoms with Crippen molar-refractivity contribution in [3.63, 3.8) is 0 Å². The second-order valence-electron chi connectivity index (χ2n) is 8.25. The Kier molecular flexibility index (Phi) is 5.53. The molecule has 0 bridgehead atoms. The number of piperidine rings is 1. The zero-order chi connectivity index (χ0) is 16.6. The van der Waals surface area contributed by atoms with E-state index in [4.69, 9.17) is 4.74 Å². The molecule has 0 radical (unpaired) electrons. The summed E-state index contributed by atoms with van der Waals surface area (Å²) in [5, 5.41) is 1.29. The fraction of sp³-hybridized carbons (Fsp3) is 0.667. The van der Waals surface area contributed by atoms with Crippen LogP contribution < -0.4 is 0 Å². The van der Waals surface area contributed by atoms with Crippen LogP contribution in [-0.2, 0) is 11.3 Å². The number of hydrogen-bond donors (Lipinski definition) is 1. The van der Waals surface area contributed by atoms with Crippen LogP contribution in [0.15, 0.2) is 18.3 Å². The van der Waals surface area contributed by atoms with Gasteiger partial charge in [-0.25, -0.2) is 4.98 Å². The molecule has 1 saturated carbocycles. The average molecular weight is 376 g/mol. The number of H-pyrrole nitrogens is 1. The minimum absolute atomic E-state index is 0. The summed E-state index contributed by atoms with van der Waals surface area (Å²) in [5.41, 5.74) is 3.75. The minimum atomic E-state index is 0. The van der Waals surface area contributed by atoms with Gasteiger partial charge in [-0.1, -0.05) is 19.3 Å². The summed E-state index contributed by atoms with van der Waals surface area (Å²) in [5.74, 6) is 1.92. The Balaban J connectivity index is 0.00000168. The van der Waals surface area contributed by atoms with E-state index >= 15 is 0 Å². The van der Waals surface area contributed by atoms with Gasteiger partial charge in [0.1, 0.15) is 5.65 Å². The zero-order valence-electron chi connectivity index (χ0n) is 15.5. The predicted octanol–water partition coefficient (Wildman–Crippen LogP) is 4.85. The van der Waals surface area contributed by atoms with Crippen molar-refractivity contribution in [1.82, 2.24) is 14.9 Å². The summed E-state index contributed by atoms with van der Waals surface area (Å²) in [6.07, 6.45) is 11.6. The Morgan fingerprint density at radius 2 is 2.00 bits per heavy atom. The molecule has 2 aliphatic heterocycles. The van der Waals surface area contributed by atoms with Crippen LogP contribution in [0.25, 0.3) is 11.0 Å². The van der Waals surface area contributed by atoms with E-state index in [9.17, 15) is 0 Å². The molecule has 0 aromatic carbocycles. The van der Waals surface area contributed by atoms with E-state index in [-0.39, 0.29) is 18.5 Å². The largest absolute Gasteiger partial charge is 0.372 e. The van der Waals surface area contributed by atoms with Crippen molar-refractivity contribution < 1.29 is 4.74 Å². The maximum Gasteiger partial charge on any atom is 0.137 e. The predicted molar refractivity (Wildman–Crippen MR) is 107 cm³/mol. The Morgan fingerprint density at radius 1 is 1.12 bits per heavy atom. The van der Waals surface area contributed by atoms with Crippen LogP contribution in [0.2, 0.25) is 0 Å². The highest BCUT2D eigenvalue weighted by molar-refractivity contribution is 5.85. The molecule has 142 valence electrons. The number of ether oxygens (including phenoxy) is 1. The number of aromatic amines is 1. The van der Waals surface area contributed by atoms with E-state index in [0.717, 1.165) is 37.1 Å². The van der Waals surface area contributed by atoms with Crippen molar-refractivity contribution >= 4 is 23.4 Å². The molecule has 4 nitrogen and oxygen atoms in total. The molecule has 0 amide bonds. The van der Waals surface area contributed by atoms with Crippen molar-refractivity contribution in [3.8, 4) is 0 Å². The van der Waals surface area contributed by atoms with Crippen LogP contribution in [0.1, 0.15) is 62.3 Å². The first-order valence-corrected chi connectivity index (χ1v) is 10.2. The number of fused-ring (bicyclic) bond motifs is 2. The molecule has 1 aliphatic carbocycles. The number of nitrogens with one attached hydrogen (secondary N) is 1. The summed E-state index contributed by atoms with van der Waals surface area (Å²) in [6.45, 7) is 4.46. The maximum atomic E-state index is 6.01. The van der Waals surface area contributed by atoms with Gasteiger partial charge in [-0.05, 0) is 61.8 Å². The zero-order valence-corrected chi connectivity index (χ0v) is 16.3. The van der Waals surface area contributed by atoms with E-state index in [1.54, 1.807) is 0 Å². The second-order valence-corrected chi connectivity index (χ2v) is 8.25. The van der Waals surface area contributed by atoms with Crippen LogP contribution in [-0.4, -0.2) is 34.6 Å². The number of nitrogens with zero attached hydrogens (tertiary/aromatic N) is 2. The summed E-state index contributed by atoms with van der Waals surface area (Å²) in [4.78, 5) is 10.8. The van der Waals surface area contributed by atoms with Crippen LogP contribution in [0.4, 0.5) is 0 Å². The van der Waals surface area contributed by atoms with Gasteiger partial charge < -0.3 is 9.72 Å².